The van der Waals surface area contributed by atoms with Crippen LogP contribution in [0, 0.1) is 6.92 Å². The number of ether oxygens (including phenoxy) is 3. The summed E-state index contributed by atoms with van der Waals surface area (Å²) in [6, 6.07) is 6.48. The standard InChI is InChI=1S/C15H23NO3/c1-11-5-6-12(13(9-11)17-2)10-16-14-7-8-15(14,18-3)19-4/h5-6,9,14,16H,7-8,10H2,1-4H3. The van der Waals surface area contributed by atoms with Crippen LogP contribution in [0.4, 0.5) is 0 Å². The van der Waals surface area contributed by atoms with E-state index in [0.29, 0.717) is 0 Å². The minimum atomic E-state index is -0.460. The lowest BCUT2D eigenvalue weighted by Crippen LogP contribution is -2.60. The van der Waals surface area contributed by atoms with Crippen molar-refractivity contribution in [2.24, 2.45) is 0 Å². The molecule has 2 rings (SSSR count). The van der Waals surface area contributed by atoms with Crippen molar-refractivity contribution in [2.75, 3.05) is 21.3 Å². The van der Waals surface area contributed by atoms with Crippen molar-refractivity contribution in [3.63, 3.8) is 0 Å². The molecule has 0 radical (unpaired) electrons. The van der Waals surface area contributed by atoms with E-state index in [1.165, 1.54) is 5.56 Å². The van der Waals surface area contributed by atoms with Gasteiger partial charge in [-0.15, -0.1) is 0 Å². The van der Waals surface area contributed by atoms with E-state index in [-0.39, 0.29) is 6.04 Å². The first-order chi connectivity index (χ1) is 9.15. The van der Waals surface area contributed by atoms with Gasteiger partial charge in [-0.3, -0.25) is 0 Å². The zero-order valence-electron chi connectivity index (χ0n) is 12.2. The average Bonchev–Trinajstić information content (AvgIpc) is 2.41. The molecule has 1 aliphatic rings. The summed E-state index contributed by atoms with van der Waals surface area (Å²) in [5.74, 6) is 0.463. The molecule has 0 amide bonds. The van der Waals surface area contributed by atoms with E-state index >= 15 is 0 Å². The molecule has 1 saturated carbocycles. The van der Waals surface area contributed by atoms with Gasteiger partial charge in [0, 0.05) is 32.7 Å². The molecule has 0 heterocycles. The quantitative estimate of drug-likeness (QED) is 0.801. The number of hydrogen-bond acceptors (Lipinski definition) is 4. The molecule has 1 aromatic rings. The normalized spacial score (nSPS) is 20.9. The minimum Gasteiger partial charge on any atom is -0.496 e. The zero-order valence-corrected chi connectivity index (χ0v) is 12.2. The van der Waals surface area contributed by atoms with Crippen molar-refractivity contribution >= 4 is 0 Å². The molecule has 1 atom stereocenters. The molecule has 1 fully saturated rings. The van der Waals surface area contributed by atoms with Crippen LogP contribution < -0.4 is 10.1 Å². The lowest BCUT2D eigenvalue weighted by atomic mass is 9.84. The maximum atomic E-state index is 5.48. The highest BCUT2D eigenvalue weighted by Gasteiger charge is 2.47. The van der Waals surface area contributed by atoms with Gasteiger partial charge >= 0.3 is 0 Å². The van der Waals surface area contributed by atoms with Gasteiger partial charge in [-0.1, -0.05) is 12.1 Å². The van der Waals surface area contributed by atoms with Crippen LogP contribution in [-0.2, 0) is 16.0 Å². The van der Waals surface area contributed by atoms with E-state index in [0.717, 1.165) is 30.7 Å². The van der Waals surface area contributed by atoms with Gasteiger partial charge in [0.25, 0.3) is 0 Å². The molecule has 0 saturated heterocycles. The molecule has 1 aromatic carbocycles. The van der Waals surface area contributed by atoms with E-state index in [1.54, 1.807) is 21.3 Å². The molecule has 1 aliphatic carbocycles. The molecule has 4 heteroatoms. The molecule has 4 nitrogen and oxygen atoms in total. The van der Waals surface area contributed by atoms with Crippen molar-refractivity contribution in [1.29, 1.82) is 0 Å². The largest absolute Gasteiger partial charge is 0.496 e. The predicted octanol–water partition coefficient (Wildman–Crippen LogP) is 2.24. The van der Waals surface area contributed by atoms with Gasteiger partial charge in [0.05, 0.1) is 13.2 Å². The Labute approximate surface area is 115 Å². The fourth-order valence-corrected chi connectivity index (χ4v) is 2.58. The number of aryl methyl sites for hydroxylation is 1. The molecular weight excluding hydrogens is 242 g/mol. The van der Waals surface area contributed by atoms with Crippen LogP contribution in [-0.4, -0.2) is 33.2 Å². The van der Waals surface area contributed by atoms with Crippen molar-refractivity contribution < 1.29 is 14.2 Å². The number of nitrogens with one attached hydrogen (secondary N) is 1. The van der Waals surface area contributed by atoms with Gasteiger partial charge in [0.2, 0.25) is 0 Å². The van der Waals surface area contributed by atoms with Crippen molar-refractivity contribution in [3.8, 4) is 5.75 Å². The lowest BCUT2D eigenvalue weighted by Gasteiger charge is -2.47. The van der Waals surface area contributed by atoms with Crippen LogP contribution in [0.3, 0.4) is 0 Å². The van der Waals surface area contributed by atoms with E-state index in [9.17, 15) is 0 Å². The monoisotopic (exact) mass is 265 g/mol. The van der Waals surface area contributed by atoms with E-state index < -0.39 is 5.79 Å². The topological polar surface area (TPSA) is 39.7 Å². The molecule has 0 spiro atoms. The molecular formula is C15H23NO3. The van der Waals surface area contributed by atoms with Crippen LogP contribution in [0.25, 0.3) is 0 Å². The van der Waals surface area contributed by atoms with Crippen molar-refractivity contribution in [1.82, 2.24) is 5.32 Å². The Hall–Kier alpha value is -1.10. The first-order valence-electron chi connectivity index (χ1n) is 6.62. The van der Waals surface area contributed by atoms with Gasteiger partial charge in [-0.2, -0.15) is 0 Å². The van der Waals surface area contributed by atoms with E-state index in [2.05, 4.69) is 30.4 Å². The Bertz CT molecular complexity index is 424. The summed E-state index contributed by atoms with van der Waals surface area (Å²) in [5, 5.41) is 3.49. The Balaban J connectivity index is 2.00. The first kappa shape index (κ1) is 14.3. The average molecular weight is 265 g/mol. The summed E-state index contributed by atoms with van der Waals surface area (Å²) >= 11 is 0. The molecule has 0 aliphatic heterocycles. The van der Waals surface area contributed by atoms with Gasteiger partial charge in [0.15, 0.2) is 5.79 Å². The Morgan fingerprint density at radius 1 is 1.26 bits per heavy atom. The zero-order chi connectivity index (χ0) is 13.9. The van der Waals surface area contributed by atoms with Gasteiger partial charge in [-0.05, 0) is 25.0 Å². The molecule has 1 unspecified atom stereocenters. The van der Waals surface area contributed by atoms with Crippen LogP contribution in [0.5, 0.6) is 5.75 Å². The molecule has 19 heavy (non-hydrogen) atoms. The van der Waals surface area contributed by atoms with Gasteiger partial charge < -0.3 is 19.5 Å². The third kappa shape index (κ3) is 2.76. The highest BCUT2D eigenvalue weighted by Crippen LogP contribution is 2.36. The third-order valence-corrected chi connectivity index (χ3v) is 3.98. The van der Waals surface area contributed by atoms with E-state index in [4.69, 9.17) is 14.2 Å². The Morgan fingerprint density at radius 3 is 2.53 bits per heavy atom. The number of rotatable bonds is 6. The van der Waals surface area contributed by atoms with Crippen LogP contribution in [0.15, 0.2) is 18.2 Å². The van der Waals surface area contributed by atoms with Crippen LogP contribution >= 0.6 is 0 Å². The van der Waals surface area contributed by atoms with Crippen LogP contribution in [0.2, 0.25) is 0 Å². The molecule has 0 aromatic heterocycles. The van der Waals surface area contributed by atoms with E-state index in [1.807, 2.05) is 0 Å². The summed E-state index contributed by atoms with van der Waals surface area (Å²) in [4.78, 5) is 0. The second kappa shape index (κ2) is 5.90. The highest BCUT2D eigenvalue weighted by atomic mass is 16.7. The predicted molar refractivity (Wildman–Crippen MR) is 74.3 cm³/mol. The highest BCUT2D eigenvalue weighted by molar-refractivity contribution is 5.37. The van der Waals surface area contributed by atoms with Crippen molar-refractivity contribution in [2.45, 2.75) is 38.1 Å². The summed E-state index contributed by atoms with van der Waals surface area (Å²) in [6.45, 7) is 2.81. The SMILES string of the molecule is COc1cc(C)ccc1CNC1CCC1(OC)OC. The fraction of sp³-hybridized carbons (Fsp3) is 0.600. The summed E-state index contributed by atoms with van der Waals surface area (Å²) < 4.78 is 16.4. The fourth-order valence-electron chi connectivity index (χ4n) is 2.58. The Kier molecular flexibility index (Phi) is 4.45. The number of hydrogen-bond donors (Lipinski definition) is 1. The maximum Gasteiger partial charge on any atom is 0.183 e. The molecule has 106 valence electrons. The summed E-state index contributed by atoms with van der Waals surface area (Å²) in [7, 11) is 5.10. The number of benzene rings is 1. The smallest absolute Gasteiger partial charge is 0.183 e. The first-order valence-corrected chi connectivity index (χ1v) is 6.62. The number of methoxy groups -OCH3 is 3. The Morgan fingerprint density at radius 2 is 2.00 bits per heavy atom. The van der Waals surface area contributed by atoms with Crippen molar-refractivity contribution in [3.05, 3.63) is 29.3 Å². The molecule has 1 N–H and O–H groups in total. The minimum absolute atomic E-state index is 0.230. The van der Waals surface area contributed by atoms with Gasteiger partial charge in [-0.25, -0.2) is 0 Å². The lowest BCUT2D eigenvalue weighted by molar-refractivity contribution is -0.268. The third-order valence-electron chi connectivity index (χ3n) is 3.98. The maximum absolute atomic E-state index is 5.48. The summed E-state index contributed by atoms with van der Waals surface area (Å²) in [6.07, 6.45) is 2.00. The molecule has 0 bridgehead atoms. The summed E-state index contributed by atoms with van der Waals surface area (Å²) in [5.41, 5.74) is 2.36. The second-order valence-corrected chi connectivity index (χ2v) is 5.01. The second-order valence-electron chi connectivity index (χ2n) is 5.01. The van der Waals surface area contributed by atoms with Gasteiger partial charge in [0.1, 0.15) is 5.75 Å². The van der Waals surface area contributed by atoms with Crippen LogP contribution in [0.1, 0.15) is 24.0 Å².